The van der Waals surface area contributed by atoms with Gasteiger partial charge in [-0.3, -0.25) is 19.3 Å². The van der Waals surface area contributed by atoms with E-state index in [-0.39, 0.29) is 23.8 Å². The molecule has 0 unspecified atom stereocenters. The third-order valence-corrected chi connectivity index (χ3v) is 7.19. The van der Waals surface area contributed by atoms with Gasteiger partial charge in [-0.2, -0.15) is 11.8 Å². The van der Waals surface area contributed by atoms with Crippen molar-refractivity contribution in [2.45, 2.75) is 37.8 Å². The molecule has 0 aliphatic carbocycles. The standard InChI is InChI=1S/C20H24ClN3O3S/c1-3-4-8-24-17(25)15-14(7-9-28-2)23-20(16(15)18(24)26)12-10-11(21)5-6-13(12)22-19(20)27/h5-6,10,14-16,23H,3-4,7-9H2,1-2H3,(H,22,27)/p+1/t14-,15+,16-,20+/m0/s1. The van der Waals surface area contributed by atoms with Gasteiger partial charge in [-0.15, -0.1) is 0 Å². The van der Waals surface area contributed by atoms with Gasteiger partial charge in [0.2, 0.25) is 17.4 Å². The molecule has 3 aliphatic rings. The molecule has 8 heteroatoms. The minimum absolute atomic E-state index is 0.101. The van der Waals surface area contributed by atoms with E-state index < -0.39 is 17.4 Å². The van der Waals surface area contributed by atoms with Crippen LogP contribution >= 0.6 is 23.4 Å². The van der Waals surface area contributed by atoms with Crippen molar-refractivity contribution < 1.29 is 19.7 Å². The number of likely N-dealkylation sites (tertiary alicyclic amines) is 1. The monoisotopic (exact) mass is 422 g/mol. The van der Waals surface area contributed by atoms with E-state index in [0.717, 1.165) is 30.6 Å². The fraction of sp³-hybridized carbons (Fsp3) is 0.550. The summed E-state index contributed by atoms with van der Waals surface area (Å²) in [5, 5.41) is 5.42. The molecule has 3 heterocycles. The highest BCUT2D eigenvalue weighted by Crippen LogP contribution is 2.50. The number of anilines is 1. The molecule has 4 rings (SSSR count). The topological polar surface area (TPSA) is 83.1 Å². The minimum Gasteiger partial charge on any atom is -0.326 e. The highest BCUT2D eigenvalue weighted by molar-refractivity contribution is 7.98. The van der Waals surface area contributed by atoms with Gasteiger partial charge in [0.15, 0.2) is 0 Å². The Hall–Kier alpha value is -1.57. The predicted octanol–water partition coefficient (Wildman–Crippen LogP) is 1.59. The Morgan fingerprint density at radius 3 is 2.79 bits per heavy atom. The number of hydrogen-bond donors (Lipinski definition) is 2. The number of nitrogens with one attached hydrogen (secondary N) is 1. The third kappa shape index (κ3) is 2.70. The third-order valence-electron chi connectivity index (χ3n) is 6.31. The van der Waals surface area contributed by atoms with Gasteiger partial charge >= 0.3 is 0 Å². The second-order valence-electron chi connectivity index (χ2n) is 7.81. The summed E-state index contributed by atoms with van der Waals surface area (Å²) in [7, 11) is 0. The number of quaternary nitrogens is 1. The number of nitrogens with two attached hydrogens (primary N) is 1. The van der Waals surface area contributed by atoms with E-state index in [1.165, 1.54) is 4.90 Å². The molecule has 0 bridgehead atoms. The van der Waals surface area contributed by atoms with E-state index >= 15 is 0 Å². The number of amides is 3. The lowest BCUT2D eigenvalue weighted by molar-refractivity contribution is -0.733. The lowest BCUT2D eigenvalue weighted by Crippen LogP contribution is -2.99. The van der Waals surface area contributed by atoms with Crippen LogP contribution in [-0.2, 0) is 19.9 Å². The number of carbonyl (C=O) groups is 3. The number of hydrogen-bond acceptors (Lipinski definition) is 4. The van der Waals surface area contributed by atoms with Gasteiger partial charge in [0.25, 0.3) is 5.91 Å². The van der Waals surface area contributed by atoms with Gasteiger partial charge in [0.05, 0.1) is 5.69 Å². The maximum Gasteiger partial charge on any atom is 0.291 e. The van der Waals surface area contributed by atoms with Crippen molar-refractivity contribution in [2.24, 2.45) is 11.8 Å². The molecule has 2 saturated heterocycles. The number of halogens is 1. The van der Waals surface area contributed by atoms with Gasteiger partial charge in [-0.05, 0) is 36.6 Å². The molecule has 150 valence electrons. The highest BCUT2D eigenvalue weighted by atomic mass is 35.5. The second kappa shape index (κ2) is 7.35. The first kappa shape index (κ1) is 19.7. The number of rotatable bonds is 6. The molecule has 0 saturated carbocycles. The number of unbranched alkanes of at least 4 members (excludes halogenated alkanes) is 1. The van der Waals surface area contributed by atoms with E-state index in [0.29, 0.717) is 17.3 Å². The van der Waals surface area contributed by atoms with Crippen LogP contribution in [0, 0.1) is 11.8 Å². The van der Waals surface area contributed by atoms with Gasteiger partial charge in [-0.1, -0.05) is 24.9 Å². The highest BCUT2D eigenvalue weighted by Gasteiger charge is 2.73. The number of thioether (sulfide) groups is 1. The largest absolute Gasteiger partial charge is 0.326 e. The molecule has 1 spiro atoms. The van der Waals surface area contributed by atoms with Gasteiger partial charge in [-0.25, -0.2) is 0 Å². The fourth-order valence-electron chi connectivity index (χ4n) is 5.05. The summed E-state index contributed by atoms with van der Waals surface area (Å²) < 4.78 is 0. The number of fused-ring (bicyclic) bond motifs is 4. The molecular formula is C20H25ClN3O3S+. The predicted molar refractivity (Wildman–Crippen MR) is 109 cm³/mol. The zero-order chi connectivity index (χ0) is 20.1. The fourth-order valence-corrected chi connectivity index (χ4v) is 5.73. The van der Waals surface area contributed by atoms with Crippen LogP contribution in [0.2, 0.25) is 5.02 Å². The quantitative estimate of drug-likeness (QED) is 0.682. The smallest absolute Gasteiger partial charge is 0.291 e. The van der Waals surface area contributed by atoms with Gasteiger partial charge in [0.1, 0.15) is 17.9 Å². The second-order valence-corrected chi connectivity index (χ2v) is 9.23. The number of nitrogens with zero attached hydrogens (tertiary/aromatic N) is 1. The maximum absolute atomic E-state index is 13.4. The zero-order valence-corrected chi connectivity index (χ0v) is 17.6. The molecule has 3 amide bonds. The van der Waals surface area contributed by atoms with Crippen LogP contribution in [0.4, 0.5) is 5.69 Å². The first-order valence-electron chi connectivity index (χ1n) is 9.77. The Kier molecular flexibility index (Phi) is 5.18. The van der Waals surface area contributed by atoms with E-state index in [4.69, 9.17) is 11.6 Å². The molecule has 1 aromatic rings. The summed E-state index contributed by atoms with van der Waals surface area (Å²) in [5.74, 6) is -0.818. The van der Waals surface area contributed by atoms with E-state index in [2.05, 4.69) is 5.32 Å². The summed E-state index contributed by atoms with van der Waals surface area (Å²) in [6.07, 6.45) is 4.47. The van der Waals surface area contributed by atoms with Crippen LogP contribution < -0.4 is 10.6 Å². The van der Waals surface area contributed by atoms with Crippen LogP contribution in [0.5, 0.6) is 0 Å². The lowest BCUT2D eigenvalue weighted by atomic mass is 9.76. The molecule has 6 nitrogen and oxygen atoms in total. The van der Waals surface area contributed by atoms with Crippen LogP contribution in [-0.4, -0.2) is 47.2 Å². The average molecular weight is 423 g/mol. The molecule has 1 aromatic carbocycles. The zero-order valence-electron chi connectivity index (χ0n) is 16.0. The van der Waals surface area contributed by atoms with Crippen molar-refractivity contribution in [3.05, 3.63) is 28.8 Å². The van der Waals surface area contributed by atoms with Crippen LogP contribution in [0.3, 0.4) is 0 Å². The lowest BCUT2D eigenvalue weighted by Gasteiger charge is -2.26. The SMILES string of the molecule is CCCCN1C(=O)[C@@H]2[C@H](CCSC)[NH2+][C@@]3(C(=O)Nc4ccc(Cl)cc43)[C@@H]2C1=O. The Balaban J connectivity index is 1.81. The number of benzene rings is 1. The van der Waals surface area contributed by atoms with Crippen molar-refractivity contribution in [3.63, 3.8) is 0 Å². The van der Waals surface area contributed by atoms with Gasteiger partial charge < -0.3 is 10.6 Å². The van der Waals surface area contributed by atoms with Crippen molar-refractivity contribution in [1.82, 2.24) is 4.90 Å². The first-order valence-corrected chi connectivity index (χ1v) is 11.5. The Morgan fingerprint density at radius 1 is 1.29 bits per heavy atom. The molecule has 28 heavy (non-hydrogen) atoms. The molecular weight excluding hydrogens is 398 g/mol. The Labute approximate surface area is 173 Å². The van der Waals surface area contributed by atoms with Crippen LogP contribution in [0.25, 0.3) is 0 Å². The number of carbonyl (C=O) groups excluding carboxylic acids is 3. The summed E-state index contributed by atoms with van der Waals surface area (Å²) >= 11 is 7.95. The average Bonchev–Trinajstić information content (AvgIpc) is 3.24. The van der Waals surface area contributed by atoms with Crippen LogP contribution in [0.15, 0.2) is 18.2 Å². The summed E-state index contributed by atoms with van der Waals surface area (Å²) in [5.41, 5.74) is 0.300. The Bertz CT molecular complexity index is 848. The van der Waals surface area contributed by atoms with Crippen molar-refractivity contribution >= 4 is 46.8 Å². The first-order chi connectivity index (χ1) is 13.5. The van der Waals surface area contributed by atoms with Crippen molar-refractivity contribution in [2.75, 3.05) is 23.9 Å². The van der Waals surface area contributed by atoms with Crippen LogP contribution in [0.1, 0.15) is 31.7 Å². The van der Waals surface area contributed by atoms with Crippen molar-refractivity contribution in [3.8, 4) is 0 Å². The molecule has 3 aliphatic heterocycles. The summed E-state index contributed by atoms with van der Waals surface area (Å²) in [6.45, 7) is 2.46. The van der Waals surface area contributed by atoms with E-state index in [1.54, 1.807) is 30.0 Å². The van der Waals surface area contributed by atoms with E-state index in [9.17, 15) is 14.4 Å². The summed E-state index contributed by atoms with van der Waals surface area (Å²) in [6, 6.07) is 5.17. The van der Waals surface area contributed by atoms with Crippen molar-refractivity contribution in [1.29, 1.82) is 0 Å². The molecule has 2 fully saturated rings. The normalized spacial score (nSPS) is 30.9. The van der Waals surface area contributed by atoms with E-state index in [1.807, 2.05) is 18.5 Å². The van der Waals surface area contributed by atoms with Gasteiger partial charge in [0, 0.05) is 23.6 Å². The number of imide groups is 1. The minimum atomic E-state index is -1.11. The molecule has 0 radical (unpaired) electrons. The summed E-state index contributed by atoms with van der Waals surface area (Å²) in [4.78, 5) is 41.2. The Morgan fingerprint density at radius 2 is 2.07 bits per heavy atom. The maximum atomic E-state index is 13.4. The molecule has 3 N–H and O–H groups in total. The molecule has 0 aromatic heterocycles. The molecule has 4 atom stereocenters.